The van der Waals surface area contributed by atoms with Gasteiger partial charge in [0, 0.05) is 10.3 Å². The van der Waals surface area contributed by atoms with Crippen molar-refractivity contribution in [1.82, 2.24) is 4.57 Å². The molecule has 0 saturated carbocycles. The Labute approximate surface area is 194 Å². The van der Waals surface area contributed by atoms with Crippen molar-refractivity contribution in [3.05, 3.63) is 110 Å². The molecule has 8 heteroatoms. The van der Waals surface area contributed by atoms with E-state index in [1.807, 2.05) is 6.07 Å². The van der Waals surface area contributed by atoms with Gasteiger partial charge in [-0.25, -0.2) is 13.6 Å². The first-order chi connectivity index (χ1) is 16.4. The van der Waals surface area contributed by atoms with E-state index in [-0.39, 0.29) is 21.7 Å². The van der Waals surface area contributed by atoms with Gasteiger partial charge >= 0.3 is 5.63 Å². The first kappa shape index (κ1) is 20.7. The summed E-state index contributed by atoms with van der Waals surface area (Å²) < 4.78 is 34.3. The SMILES string of the molecule is O=c1oc2c(c(O)c1Sc1cccc(F)c1)c(=O)n1c3c(cccc23)CC1c1ccc(F)cc1. The molecule has 1 aliphatic rings. The van der Waals surface area contributed by atoms with Crippen LogP contribution in [0.3, 0.4) is 0 Å². The lowest BCUT2D eigenvalue weighted by molar-refractivity contribution is 0.446. The van der Waals surface area contributed by atoms with Crippen LogP contribution in [0.2, 0.25) is 0 Å². The molecule has 0 saturated heterocycles. The summed E-state index contributed by atoms with van der Waals surface area (Å²) in [5.41, 5.74) is 0.894. The van der Waals surface area contributed by atoms with E-state index in [9.17, 15) is 23.5 Å². The van der Waals surface area contributed by atoms with Crippen molar-refractivity contribution >= 4 is 33.6 Å². The number of rotatable bonds is 3. The second-order valence-electron chi connectivity index (χ2n) is 8.09. The zero-order chi connectivity index (χ0) is 23.6. The summed E-state index contributed by atoms with van der Waals surface area (Å²) in [6, 6.07) is 16.5. The van der Waals surface area contributed by atoms with Crippen LogP contribution in [0.25, 0.3) is 21.9 Å². The van der Waals surface area contributed by atoms with Gasteiger partial charge in [-0.05, 0) is 53.9 Å². The Hall–Kier alpha value is -3.91. The maximum atomic E-state index is 13.7. The van der Waals surface area contributed by atoms with Crippen LogP contribution in [0, 0.1) is 11.6 Å². The second-order valence-corrected chi connectivity index (χ2v) is 9.17. The molecule has 1 unspecified atom stereocenters. The van der Waals surface area contributed by atoms with E-state index < -0.39 is 28.8 Å². The maximum absolute atomic E-state index is 13.7. The number of nitrogens with zero attached hydrogens (tertiary/aromatic N) is 1. The molecule has 2 aromatic heterocycles. The molecule has 0 amide bonds. The summed E-state index contributed by atoms with van der Waals surface area (Å²) in [6.07, 6.45) is 0.491. The van der Waals surface area contributed by atoms with Crippen LogP contribution in [-0.4, -0.2) is 9.67 Å². The number of fused-ring (bicyclic) bond motifs is 2. The van der Waals surface area contributed by atoms with Crippen molar-refractivity contribution in [2.75, 3.05) is 0 Å². The molecular formula is C26H15F2NO4S. The van der Waals surface area contributed by atoms with E-state index in [1.165, 1.54) is 30.3 Å². The molecule has 0 radical (unpaired) electrons. The predicted molar refractivity (Wildman–Crippen MR) is 125 cm³/mol. The number of aromatic nitrogens is 1. The van der Waals surface area contributed by atoms with E-state index in [4.69, 9.17) is 4.42 Å². The minimum atomic E-state index is -0.822. The van der Waals surface area contributed by atoms with Crippen molar-refractivity contribution in [2.45, 2.75) is 22.3 Å². The highest BCUT2D eigenvalue weighted by Gasteiger charge is 2.31. The molecule has 1 aliphatic heterocycles. The molecule has 34 heavy (non-hydrogen) atoms. The van der Waals surface area contributed by atoms with Crippen molar-refractivity contribution < 1.29 is 18.3 Å². The van der Waals surface area contributed by atoms with Crippen LogP contribution in [0.1, 0.15) is 17.2 Å². The van der Waals surface area contributed by atoms with Gasteiger partial charge in [0.1, 0.15) is 21.9 Å². The minimum absolute atomic E-state index is 0.00366. The lowest BCUT2D eigenvalue weighted by Gasteiger charge is -2.17. The van der Waals surface area contributed by atoms with E-state index in [0.717, 1.165) is 22.9 Å². The minimum Gasteiger partial charge on any atom is -0.505 e. The lowest BCUT2D eigenvalue weighted by Crippen LogP contribution is -2.24. The number of hydrogen-bond donors (Lipinski definition) is 1. The molecule has 1 N–H and O–H groups in total. The van der Waals surface area contributed by atoms with E-state index in [1.54, 1.807) is 34.9 Å². The van der Waals surface area contributed by atoms with E-state index in [2.05, 4.69) is 0 Å². The first-order valence-corrected chi connectivity index (χ1v) is 11.3. The smallest absolute Gasteiger partial charge is 0.354 e. The number of hydrogen-bond acceptors (Lipinski definition) is 5. The summed E-state index contributed by atoms with van der Waals surface area (Å²) in [7, 11) is 0. The molecule has 1 atom stereocenters. The third-order valence-electron chi connectivity index (χ3n) is 6.09. The fourth-order valence-corrected chi connectivity index (χ4v) is 5.51. The highest BCUT2D eigenvalue weighted by molar-refractivity contribution is 7.99. The number of benzene rings is 3. The third-order valence-corrected chi connectivity index (χ3v) is 7.15. The number of pyridine rings is 1. The van der Waals surface area contributed by atoms with Gasteiger partial charge in [-0.3, -0.25) is 9.36 Å². The summed E-state index contributed by atoms with van der Waals surface area (Å²) in [5.74, 6) is -1.39. The van der Waals surface area contributed by atoms with Gasteiger partial charge < -0.3 is 9.52 Å². The summed E-state index contributed by atoms with van der Waals surface area (Å²) in [5, 5.41) is 11.5. The Kier molecular flexibility index (Phi) is 4.60. The molecule has 0 aliphatic carbocycles. The second kappa shape index (κ2) is 7.56. The molecule has 5 nitrogen and oxygen atoms in total. The Bertz CT molecular complexity index is 1740. The summed E-state index contributed by atoms with van der Waals surface area (Å²) in [6.45, 7) is 0. The predicted octanol–water partition coefficient (Wildman–Crippen LogP) is 5.39. The highest BCUT2D eigenvalue weighted by Crippen LogP contribution is 2.41. The normalized spacial score (nSPS) is 14.8. The fourth-order valence-electron chi connectivity index (χ4n) is 4.63. The van der Waals surface area contributed by atoms with Gasteiger partial charge in [0.2, 0.25) is 0 Å². The lowest BCUT2D eigenvalue weighted by atomic mass is 10.0. The topological polar surface area (TPSA) is 72.4 Å². The maximum Gasteiger partial charge on any atom is 0.354 e. The van der Waals surface area contributed by atoms with Crippen LogP contribution < -0.4 is 11.2 Å². The van der Waals surface area contributed by atoms with Gasteiger partial charge in [-0.15, -0.1) is 0 Å². The van der Waals surface area contributed by atoms with Crippen molar-refractivity contribution in [3.63, 3.8) is 0 Å². The Morgan fingerprint density at radius 2 is 1.74 bits per heavy atom. The summed E-state index contributed by atoms with van der Waals surface area (Å²) in [4.78, 5) is 26.7. The van der Waals surface area contributed by atoms with Crippen molar-refractivity contribution in [3.8, 4) is 5.75 Å². The molecule has 6 rings (SSSR count). The van der Waals surface area contributed by atoms with Crippen LogP contribution in [0.5, 0.6) is 5.75 Å². The quantitative estimate of drug-likeness (QED) is 0.355. The Morgan fingerprint density at radius 3 is 2.50 bits per heavy atom. The fraction of sp³-hybridized carbons (Fsp3) is 0.0769. The Morgan fingerprint density at radius 1 is 0.971 bits per heavy atom. The number of para-hydroxylation sites is 1. The average Bonchev–Trinajstić information content (AvgIpc) is 3.21. The van der Waals surface area contributed by atoms with Crippen molar-refractivity contribution in [2.24, 2.45) is 0 Å². The zero-order valence-corrected chi connectivity index (χ0v) is 18.2. The van der Waals surface area contributed by atoms with Crippen LogP contribution in [-0.2, 0) is 6.42 Å². The van der Waals surface area contributed by atoms with Gasteiger partial charge in [0.15, 0.2) is 11.3 Å². The monoisotopic (exact) mass is 475 g/mol. The van der Waals surface area contributed by atoms with Crippen LogP contribution in [0.4, 0.5) is 8.78 Å². The van der Waals surface area contributed by atoms with Crippen LogP contribution >= 0.6 is 11.8 Å². The molecule has 0 fully saturated rings. The van der Waals surface area contributed by atoms with Gasteiger partial charge in [-0.2, -0.15) is 0 Å². The number of halogens is 2. The van der Waals surface area contributed by atoms with E-state index in [0.29, 0.717) is 22.2 Å². The first-order valence-electron chi connectivity index (χ1n) is 10.5. The standard InChI is InChI=1S/C26H15F2NO4S/c27-15-9-7-13(8-10-15)19-11-14-3-1-6-18-21(14)29(19)25(31)20-22(30)24(26(32)33-23(18)20)34-17-5-2-4-16(28)12-17/h1-10,12,19,30H,11H2. The van der Waals surface area contributed by atoms with Gasteiger partial charge in [0.05, 0.1) is 11.6 Å². The largest absolute Gasteiger partial charge is 0.505 e. The zero-order valence-electron chi connectivity index (χ0n) is 17.4. The Balaban J connectivity index is 1.64. The molecule has 5 aromatic rings. The number of aromatic hydroxyl groups is 1. The summed E-state index contributed by atoms with van der Waals surface area (Å²) >= 11 is 0.823. The van der Waals surface area contributed by atoms with E-state index >= 15 is 0 Å². The molecule has 168 valence electrons. The molecular weight excluding hydrogens is 460 g/mol. The highest BCUT2D eigenvalue weighted by atomic mass is 32.2. The van der Waals surface area contributed by atoms with Gasteiger partial charge in [-0.1, -0.05) is 42.1 Å². The molecule has 0 bridgehead atoms. The molecule has 3 aromatic carbocycles. The average molecular weight is 475 g/mol. The van der Waals surface area contributed by atoms with Gasteiger partial charge in [0.25, 0.3) is 5.56 Å². The molecule has 0 spiro atoms. The molecule has 3 heterocycles. The third kappa shape index (κ3) is 3.06. The van der Waals surface area contributed by atoms with Crippen LogP contribution in [0.15, 0.2) is 90.5 Å². The van der Waals surface area contributed by atoms with Crippen molar-refractivity contribution in [1.29, 1.82) is 0 Å².